The second-order valence-corrected chi connectivity index (χ2v) is 4.62. The van der Waals surface area contributed by atoms with E-state index < -0.39 is 5.82 Å². The lowest BCUT2D eigenvalue weighted by Crippen LogP contribution is -2.21. The molecular formula is C15H17FN4O. The highest BCUT2D eigenvalue weighted by Crippen LogP contribution is 2.15. The molecule has 1 heterocycles. The third kappa shape index (κ3) is 3.55. The summed E-state index contributed by atoms with van der Waals surface area (Å²) in [4.78, 5) is 4.24. The van der Waals surface area contributed by atoms with Crippen molar-refractivity contribution in [3.63, 3.8) is 0 Å². The first-order valence-corrected chi connectivity index (χ1v) is 6.53. The number of benzene rings is 1. The quantitative estimate of drug-likeness (QED) is 0.341. The molecule has 5 nitrogen and oxygen atoms in total. The van der Waals surface area contributed by atoms with Crippen LogP contribution < -0.4 is 11.1 Å². The van der Waals surface area contributed by atoms with Crippen LogP contribution in [0.4, 0.5) is 4.39 Å². The molecule has 0 fully saturated rings. The predicted octanol–water partition coefficient (Wildman–Crippen LogP) is 2.17. The van der Waals surface area contributed by atoms with Crippen LogP contribution in [0.5, 0.6) is 0 Å². The Morgan fingerprint density at radius 2 is 2.19 bits per heavy atom. The van der Waals surface area contributed by atoms with Crippen LogP contribution in [0.15, 0.2) is 47.8 Å². The molecule has 0 amide bonds. The number of nitrogens with two attached hydrogens (primary N) is 1. The number of hydrogen-bond donors (Lipinski definition) is 3. The SMILES string of the molecule is C[C@H](NCc1cccc(/C(N)=N/O)c1F)c1ccccn1. The van der Waals surface area contributed by atoms with E-state index in [0.29, 0.717) is 12.1 Å². The summed E-state index contributed by atoms with van der Waals surface area (Å²) in [6, 6.07) is 10.4. The molecule has 0 radical (unpaired) electrons. The Kier molecular flexibility index (Phi) is 4.84. The van der Waals surface area contributed by atoms with Crippen molar-refractivity contribution in [1.82, 2.24) is 10.3 Å². The van der Waals surface area contributed by atoms with Crippen molar-refractivity contribution in [2.75, 3.05) is 0 Å². The molecule has 1 aromatic carbocycles. The van der Waals surface area contributed by atoms with Gasteiger partial charge in [-0.05, 0) is 25.1 Å². The first kappa shape index (κ1) is 14.9. The van der Waals surface area contributed by atoms with Gasteiger partial charge in [0.2, 0.25) is 0 Å². The topological polar surface area (TPSA) is 83.5 Å². The molecule has 0 bridgehead atoms. The summed E-state index contributed by atoms with van der Waals surface area (Å²) in [7, 11) is 0. The first-order valence-electron chi connectivity index (χ1n) is 6.53. The Morgan fingerprint density at radius 1 is 1.38 bits per heavy atom. The molecule has 110 valence electrons. The molecule has 0 spiro atoms. The molecular weight excluding hydrogens is 271 g/mol. The lowest BCUT2D eigenvalue weighted by molar-refractivity contribution is 0.318. The van der Waals surface area contributed by atoms with Crippen molar-refractivity contribution in [1.29, 1.82) is 0 Å². The fourth-order valence-electron chi connectivity index (χ4n) is 1.97. The van der Waals surface area contributed by atoms with Crippen LogP contribution in [0, 0.1) is 5.82 Å². The van der Waals surface area contributed by atoms with Gasteiger partial charge in [-0.3, -0.25) is 4.98 Å². The second kappa shape index (κ2) is 6.81. The van der Waals surface area contributed by atoms with Crippen LogP contribution in [-0.2, 0) is 6.54 Å². The van der Waals surface area contributed by atoms with Gasteiger partial charge >= 0.3 is 0 Å². The van der Waals surface area contributed by atoms with Crippen LogP contribution in [0.1, 0.15) is 29.8 Å². The van der Waals surface area contributed by atoms with E-state index in [0.717, 1.165) is 5.69 Å². The fraction of sp³-hybridized carbons (Fsp3) is 0.200. The van der Waals surface area contributed by atoms with Gasteiger partial charge in [0.05, 0.1) is 11.3 Å². The average molecular weight is 288 g/mol. The molecule has 0 aliphatic rings. The zero-order chi connectivity index (χ0) is 15.2. The smallest absolute Gasteiger partial charge is 0.173 e. The minimum atomic E-state index is -0.492. The number of nitrogens with zero attached hydrogens (tertiary/aromatic N) is 2. The summed E-state index contributed by atoms with van der Waals surface area (Å²) in [5, 5.41) is 14.7. The Labute approximate surface area is 122 Å². The van der Waals surface area contributed by atoms with E-state index in [9.17, 15) is 4.39 Å². The normalized spacial score (nSPS) is 13.1. The van der Waals surface area contributed by atoms with E-state index in [2.05, 4.69) is 15.5 Å². The zero-order valence-corrected chi connectivity index (χ0v) is 11.6. The van der Waals surface area contributed by atoms with Gasteiger partial charge in [0.1, 0.15) is 5.82 Å². The zero-order valence-electron chi connectivity index (χ0n) is 11.6. The number of rotatable bonds is 5. The molecule has 2 rings (SSSR count). The second-order valence-electron chi connectivity index (χ2n) is 4.62. The molecule has 6 heteroatoms. The number of hydrogen-bond acceptors (Lipinski definition) is 4. The lowest BCUT2D eigenvalue weighted by Gasteiger charge is -2.14. The maximum Gasteiger partial charge on any atom is 0.173 e. The Bertz CT molecular complexity index is 631. The van der Waals surface area contributed by atoms with Crippen LogP contribution >= 0.6 is 0 Å². The summed E-state index contributed by atoms with van der Waals surface area (Å²) in [5.41, 5.74) is 6.85. The van der Waals surface area contributed by atoms with Gasteiger partial charge in [-0.15, -0.1) is 0 Å². The van der Waals surface area contributed by atoms with Crippen LogP contribution in [0.25, 0.3) is 0 Å². The molecule has 0 saturated heterocycles. The van der Waals surface area contributed by atoms with Gasteiger partial charge in [0.25, 0.3) is 0 Å². The van der Waals surface area contributed by atoms with Crippen LogP contribution in [0.2, 0.25) is 0 Å². The number of nitrogens with one attached hydrogen (secondary N) is 1. The van der Waals surface area contributed by atoms with Gasteiger partial charge in [0.15, 0.2) is 5.84 Å². The van der Waals surface area contributed by atoms with Crippen molar-refractivity contribution in [2.24, 2.45) is 10.9 Å². The molecule has 0 aliphatic heterocycles. The van der Waals surface area contributed by atoms with Gasteiger partial charge in [0, 0.05) is 24.3 Å². The highest BCUT2D eigenvalue weighted by atomic mass is 19.1. The van der Waals surface area contributed by atoms with E-state index >= 15 is 0 Å². The first-order chi connectivity index (χ1) is 10.1. The largest absolute Gasteiger partial charge is 0.409 e. The summed E-state index contributed by atoms with van der Waals surface area (Å²) in [6.07, 6.45) is 1.72. The number of amidine groups is 1. The molecule has 1 atom stereocenters. The number of pyridine rings is 1. The van der Waals surface area contributed by atoms with Gasteiger partial charge in [-0.2, -0.15) is 0 Å². The van der Waals surface area contributed by atoms with Crippen molar-refractivity contribution in [2.45, 2.75) is 19.5 Å². The van der Waals surface area contributed by atoms with Crippen molar-refractivity contribution < 1.29 is 9.60 Å². The summed E-state index contributed by atoms with van der Waals surface area (Å²) < 4.78 is 14.2. The van der Waals surface area contributed by atoms with E-state index in [4.69, 9.17) is 10.9 Å². The molecule has 21 heavy (non-hydrogen) atoms. The maximum absolute atomic E-state index is 14.2. The van der Waals surface area contributed by atoms with Crippen molar-refractivity contribution in [3.8, 4) is 0 Å². The van der Waals surface area contributed by atoms with Gasteiger partial charge in [-0.25, -0.2) is 4.39 Å². The molecule has 0 aliphatic carbocycles. The Hall–Kier alpha value is -2.47. The minimum Gasteiger partial charge on any atom is -0.409 e. The van der Waals surface area contributed by atoms with Gasteiger partial charge in [-0.1, -0.05) is 23.4 Å². The minimum absolute atomic E-state index is 0.0156. The number of aromatic nitrogens is 1. The Morgan fingerprint density at radius 3 is 2.86 bits per heavy atom. The lowest BCUT2D eigenvalue weighted by atomic mass is 10.1. The highest BCUT2D eigenvalue weighted by Gasteiger charge is 2.12. The molecule has 2 aromatic rings. The highest BCUT2D eigenvalue weighted by molar-refractivity contribution is 5.97. The van der Waals surface area contributed by atoms with E-state index in [1.807, 2.05) is 25.1 Å². The molecule has 1 aromatic heterocycles. The Balaban J connectivity index is 2.11. The molecule has 4 N–H and O–H groups in total. The van der Waals surface area contributed by atoms with Crippen LogP contribution in [0.3, 0.4) is 0 Å². The van der Waals surface area contributed by atoms with Crippen molar-refractivity contribution >= 4 is 5.84 Å². The third-order valence-corrected chi connectivity index (χ3v) is 3.19. The number of halogens is 1. The average Bonchev–Trinajstić information content (AvgIpc) is 2.53. The van der Waals surface area contributed by atoms with Gasteiger partial charge < -0.3 is 16.3 Å². The summed E-state index contributed by atoms with van der Waals surface area (Å²) in [6.45, 7) is 2.27. The maximum atomic E-state index is 14.2. The molecule has 0 saturated carbocycles. The van der Waals surface area contributed by atoms with E-state index in [-0.39, 0.29) is 17.4 Å². The van der Waals surface area contributed by atoms with Crippen molar-refractivity contribution in [3.05, 3.63) is 65.2 Å². The summed E-state index contributed by atoms with van der Waals surface area (Å²) >= 11 is 0. The molecule has 0 unspecified atom stereocenters. The van der Waals surface area contributed by atoms with Crippen LogP contribution in [-0.4, -0.2) is 16.0 Å². The predicted molar refractivity (Wildman–Crippen MR) is 78.4 cm³/mol. The fourth-order valence-corrected chi connectivity index (χ4v) is 1.97. The van der Waals surface area contributed by atoms with E-state index in [1.54, 1.807) is 18.3 Å². The summed E-state index contributed by atoms with van der Waals surface area (Å²) in [5.74, 6) is -0.736. The monoisotopic (exact) mass is 288 g/mol. The number of oxime groups is 1. The third-order valence-electron chi connectivity index (χ3n) is 3.19. The standard InChI is InChI=1S/C15H17FN4O/c1-10(13-7-2-3-8-18-13)19-9-11-5-4-6-12(14(11)16)15(17)20-21/h2-8,10,19,21H,9H2,1H3,(H2,17,20)/t10-/m0/s1. The van der Waals surface area contributed by atoms with E-state index in [1.165, 1.54) is 6.07 Å².